The molecule has 196 valence electrons. The highest BCUT2D eigenvalue weighted by Gasteiger charge is 2.31. The molecular weight excluding hydrogens is 807 g/mol. The van der Waals surface area contributed by atoms with Crippen LogP contribution in [0.5, 0.6) is 0 Å². The lowest BCUT2D eigenvalue weighted by Gasteiger charge is -2.29. The molecule has 0 fully saturated rings. The number of nitrogens with zero attached hydrogens (tertiary/aromatic N) is 1. The van der Waals surface area contributed by atoms with Crippen molar-refractivity contribution >= 4 is 91.2 Å². The molecule has 0 bridgehead atoms. The molecule has 2 atom stereocenters. The van der Waals surface area contributed by atoms with Gasteiger partial charge in [-0.05, 0) is 67.8 Å². The predicted octanol–water partition coefficient (Wildman–Crippen LogP) is 0.111. The Balaban J connectivity index is 3.60. The number of nitrogens with one attached hydrogen (secondary N) is 2. The minimum Gasteiger partial charge on any atom is -0.464 e. The zero-order valence-electron chi connectivity index (χ0n) is 18.6. The number of hydrogen-bond acceptors (Lipinski definition) is 10. The minimum absolute atomic E-state index is 0.0201. The highest BCUT2D eigenvalue weighted by molar-refractivity contribution is 14.1. The Morgan fingerprint density at radius 1 is 1.00 bits per heavy atom. The fourth-order valence-electron chi connectivity index (χ4n) is 2.61. The first-order chi connectivity index (χ1) is 16.5. The first-order valence-electron chi connectivity index (χ1n) is 10.0. The molecule has 0 heterocycles. The molecule has 0 radical (unpaired) electrons. The maximum absolute atomic E-state index is 13.1. The van der Waals surface area contributed by atoms with Crippen molar-refractivity contribution in [3.63, 3.8) is 0 Å². The molecule has 1 aromatic rings. The SMILES string of the molecule is C=CON(CC(O)CO)c1c(I)c(C(=O)NCCOC(C)=O)c(I)c(C(=O)NCC(O)CO)c1I. The Morgan fingerprint density at radius 2 is 1.54 bits per heavy atom. The van der Waals surface area contributed by atoms with Gasteiger partial charge in [-0.25, -0.2) is 5.06 Å². The van der Waals surface area contributed by atoms with E-state index in [0.717, 1.165) is 6.26 Å². The lowest BCUT2D eigenvalue weighted by molar-refractivity contribution is -0.140. The third-order valence-corrected chi connectivity index (χ3v) is 7.37. The van der Waals surface area contributed by atoms with Crippen molar-refractivity contribution in [2.24, 2.45) is 0 Å². The zero-order valence-corrected chi connectivity index (χ0v) is 25.1. The van der Waals surface area contributed by atoms with Crippen LogP contribution in [0.3, 0.4) is 0 Å². The summed E-state index contributed by atoms with van der Waals surface area (Å²) in [4.78, 5) is 42.6. The fraction of sp³-hybridized carbons (Fsp3) is 0.450. The third-order valence-electron chi connectivity index (χ3n) is 4.19. The molecule has 12 nitrogen and oxygen atoms in total. The smallest absolute Gasteiger partial charge is 0.302 e. The molecule has 0 saturated carbocycles. The highest BCUT2D eigenvalue weighted by Crippen LogP contribution is 2.38. The molecule has 35 heavy (non-hydrogen) atoms. The zero-order chi connectivity index (χ0) is 26.7. The number of carbonyl (C=O) groups is 3. The summed E-state index contributed by atoms with van der Waals surface area (Å²) in [7, 11) is 0. The number of aliphatic hydroxyl groups excluding tert-OH is 4. The number of hydroxylamine groups is 1. The summed E-state index contributed by atoms with van der Waals surface area (Å²) in [5.41, 5.74) is 0.471. The normalized spacial score (nSPS) is 12.3. The van der Waals surface area contributed by atoms with Crippen molar-refractivity contribution in [2.75, 3.05) is 44.5 Å². The Bertz CT molecular complexity index is 933. The van der Waals surface area contributed by atoms with E-state index >= 15 is 0 Å². The van der Waals surface area contributed by atoms with Crippen molar-refractivity contribution in [3.05, 3.63) is 34.7 Å². The molecule has 0 aliphatic rings. The maximum atomic E-state index is 13.1. The van der Waals surface area contributed by atoms with Crippen molar-refractivity contribution in [1.82, 2.24) is 10.6 Å². The molecule has 0 spiro atoms. The van der Waals surface area contributed by atoms with Gasteiger partial charge in [-0.15, -0.1) is 0 Å². The van der Waals surface area contributed by atoms with Gasteiger partial charge in [0, 0.05) is 17.0 Å². The molecule has 0 aliphatic heterocycles. The van der Waals surface area contributed by atoms with Crippen LogP contribution in [-0.2, 0) is 14.4 Å². The van der Waals surface area contributed by atoms with Gasteiger partial charge in [0.1, 0.15) is 18.6 Å². The second-order valence-corrected chi connectivity index (χ2v) is 10.1. The van der Waals surface area contributed by atoms with Gasteiger partial charge in [0.25, 0.3) is 11.8 Å². The number of benzene rings is 1. The lowest BCUT2D eigenvalue weighted by atomic mass is 10.1. The van der Waals surface area contributed by atoms with Gasteiger partial charge < -0.3 is 40.6 Å². The van der Waals surface area contributed by atoms with Gasteiger partial charge in [0.05, 0.1) is 56.8 Å². The number of anilines is 1. The lowest BCUT2D eigenvalue weighted by Crippen LogP contribution is -2.38. The number of esters is 1. The second kappa shape index (κ2) is 16.0. The van der Waals surface area contributed by atoms with E-state index in [0.29, 0.717) is 10.7 Å². The summed E-state index contributed by atoms with van der Waals surface area (Å²) in [6, 6.07) is 0. The molecule has 1 rings (SSSR count). The molecule has 1 aromatic carbocycles. The predicted molar refractivity (Wildman–Crippen MR) is 151 cm³/mol. The summed E-state index contributed by atoms with van der Waals surface area (Å²) >= 11 is 5.67. The number of hydrogen-bond donors (Lipinski definition) is 6. The van der Waals surface area contributed by atoms with Crippen molar-refractivity contribution in [1.29, 1.82) is 0 Å². The van der Waals surface area contributed by atoms with Crippen LogP contribution in [-0.4, -0.2) is 89.9 Å². The van der Waals surface area contributed by atoms with Gasteiger partial charge in [0.2, 0.25) is 0 Å². The van der Waals surface area contributed by atoms with Crippen LogP contribution in [0, 0.1) is 10.7 Å². The van der Waals surface area contributed by atoms with Gasteiger partial charge in [-0.1, -0.05) is 6.58 Å². The van der Waals surface area contributed by atoms with Crippen LogP contribution in [0.25, 0.3) is 0 Å². The molecule has 15 heteroatoms. The molecule has 6 N–H and O–H groups in total. The number of rotatable bonds is 14. The van der Waals surface area contributed by atoms with E-state index in [-0.39, 0.29) is 43.1 Å². The molecule has 0 aromatic heterocycles. The van der Waals surface area contributed by atoms with Gasteiger partial charge >= 0.3 is 5.97 Å². The molecule has 2 unspecified atom stereocenters. The second-order valence-electron chi connectivity index (χ2n) is 6.85. The summed E-state index contributed by atoms with van der Waals surface area (Å²) in [5.74, 6) is -1.68. The van der Waals surface area contributed by atoms with E-state index in [1.165, 1.54) is 12.0 Å². The third kappa shape index (κ3) is 9.43. The Kier molecular flexibility index (Phi) is 14.6. The number of amides is 2. The Labute approximate surface area is 242 Å². The molecular formula is C20H26I3N3O9. The van der Waals surface area contributed by atoms with Crippen molar-refractivity contribution < 1.29 is 44.4 Å². The van der Waals surface area contributed by atoms with Gasteiger partial charge in [0.15, 0.2) is 0 Å². The maximum Gasteiger partial charge on any atom is 0.302 e. The van der Waals surface area contributed by atoms with E-state index < -0.39 is 43.2 Å². The quantitative estimate of drug-likeness (QED) is 0.0496. The standard InChI is InChI=1S/C20H26I3N3O9/c1-3-35-26(7-12(31)9-28)18-16(22)13(19(32)24-4-5-34-10(2)29)15(21)14(17(18)23)20(33)25-6-11(30)8-27/h3,11-12,27-28,30-31H,1,4-9H2,2H3,(H,24,32)(H,25,33). The van der Waals surface area contributed by atoms with E-state index in [1.807, 2.05) is 67.8 Å². The van der Waals surface area contributed by atoms with Crippen LogP contribution in [0.15, 0.2) is 12.8 Å². The van der Waals surface area contributed by atoms with Crippen LogP contribution in [0.2, 0.25) is 0 Å². The van der Waals surface area contributed by atoms with E-state index in [4.69, 9.17) is 14.7 Å². The highest BCUT2D eigenvalue weighted by atomic mass is 127. The molecule has 0 saturated heterocycles. The summed E-state index contributed by atoms with van der Waals surface area (Å²) in [5, 5.41) is 44.3. The minimum atomic E-state index is -1.21. The first-order valence-corrected chi connectivity index (χ1v) is 13.3. The monoisotopic (exact) mass is 833 g/mol. The average molecular weight is 833 g/mol. The number of carbonyl (C=O) groups excluding carboxylic acids is 3. The van der Waals surface area contributed by atoms with E-state index in [9.17, 15) is 29.7 Å². The van der Waals surface area contributed by atoms with Crippen LogP contribution >= 0.6 is 67.8 Å². The van der Waals surface area contributed by atoms with Gasteiger partial charge in [-0.3, -0.25) is 14.4 Å². The van der Waals surface area contributed by atoms with Crippen LogP contribution < -0.4 is 15.7 Å². The van der Waals surface area contributed by atoms with E-state index in [2.05, 4.69) is 17.2 Å². The molecule has 2 amide bonds. The summed E-state index contributed by atoms with van der Waals surface area (Å²) in [6.07, 6.45) is -1.30. The largest absolute Gasteiger partial charge is 0.464 e. The summed E-state index contributed by atoms with van der Waals surface area (Å²) in [6.45, 7) is 3.15. The Hall–Kier alpha value is -1.00. The van der Waals surface area contributed by atoms with Crippen LogP contribution in [0.4, 0.5) is 5.69 Å². The molecule has 0 aliphatic carbocycles. The topological polar surface area (TPSA) is 178 Å². The summed E-state index contributed by atoms with van der Waals surface area (Å²) < 4.78 is 5.85. The van der Waals surface area contributed by atoms with Crippen molar-refractivity contribution in [3.8, 4) is 0 Å². The number of ether oxygens (including phenoxy) is 1. The Morgan fingerprint density at radius 3 is 2.03 bits per heavy atom. The number of halogens is 3. The van der Waals surface area contributed by atoms with Gasteiger partial charge in [-0.2, -0.15) is 0 Å². The fourth-order valence-corrected chi connectivity index (χ4v) is 7.29. The van der Waals surface area contributed by atoms with Crippen LogP contribution in [0.1, 0.15) is 27.6 Å². The first kappa shape index (κ1) is 32.0. The average Bonchev–Trinajstić information content (AvgIpc) is 2.79. The van der Waals surface area contributed by atoms with Crippen molar-refractivity contribution in [2.45, 2.75) is 19.1 Å². The van der Waals surface area contributed by atoms with E-state index in [1.54, 1.807) is 0 Å². The number of aliphatic hydroxyl groups is 4.